The van der Waals surface area contributed by atoms with Gasteiger partial charge in [-0.3, -0.25) is 0 Å². The van der Waals surface area contributed by atoms with Gasteiger partial charge in [-0.2, -0.15) is 0 Å². The van der Waals surface area contributed by atoms with Crippen molar-refractivity contribution in [2.75, 3.05) is 7.11 Å². The SMILES string of the molecule is COc1cc(C)c(Br)cc1C(Br)c1ccccc1. The molecule has 0 fully saturated rings. The molecule has 1 nitrogen and oxygen atoms in total. The van der Waals surface area contributed by atoms with Crippen molar-refractivity contribution in [2.45, 2.75) is 11.8 Å². The predicted molar refractivity (Wildman–Crippen MR) is 82.6 cm³/mol. The Hall–Kier alpha value is -0.800. The van der Waals surface area contributed by atoms with E-state index >= 15 is 0 Å². The van der Waals surface area contributed by atoms with Crippen molar-refractivity contribution in [3.63, 3.8) is 0 Å². The van der Waals surface area contributed by atoms with Gasteiger partial charge in [0.05, 0.1) is 11.9 Å². The zero-order valence-corrected chi connectivity index (χ0v) is 13.5. The fraction of sp³-hybridized carbons (Fsp3) is 0.200. The van der Waals surface area contributed by atoms with E-state index in [9.17, 15) is 0 Å². The first kappa shape index (κ1) is 13.6. The van der Waals surface area contributed by atoms with E-state index < -0.39 is 0 Å². The molecule has 2 aromatic rings. The molecular weight excluding hydrogens is 356 g/mol. The first-order valence-electron chi connectivity index (χ1n) is 5.66. The molecule has 0 saturated carbocycles. The Morgan fingerprint density at radius 1 is 1.11 bits per heavy atom. The molecule has 2 rings (SSSR count). The highest BCUT2D eigenvalue weighted by Gasteiger charge is 2.16. The summed E-state index contributed by atoms with van der Waals surface area (Å²) in [6.07, 6.45) is 0. The van der Waals surface area contributed by atoms with Crippen molar-refractivity contribution in [2.24, 2.45) is 0 Å². The molecule has 0 amide bonds. The molecule has 18 heavy (non-hydrogen) atoms. The average molecular weight is 370 g/mol. The summed E-state index contributed by atoms with van der Waals surface area (Å²) in [5.41, 5.74) is 3.51. The highest BCUT2D eigenvalue weighted by atomic mass is 79.9. The number of hydrogen-bond acceptors (Lipinski definition) is 1. The van der Waals surface area contributed by atoms with Crippen molar-refractivity contribution < 1.29 is 4.74 Å². The number of hydrogen-bond donors (Lipinski definition) is 0. The highest BCUT2D eigenvalue weighted by Crippen LogP contribution is 2.39. The third kappa shape index (κ3) is 2.78. The van der Waals surface area contributed by atoms with Gasteiger partial charge in [0.1, 0.15) is 5.75 Å². The van der Waals surface area contributed by atoms with Crippen LogP contribution in [0, 0.1) is 6.92 Å². The Kier molecular flexibility index (Phi) is 4.46. The molecule has 3 heteroatoms. The summed E-state index contributed by atoms with van der Waals surface area (Å²) in [4.78, 5) is 0.130. The monoisotopic (exact) mass is 368 g/mol. The molecule has 2 aromatic carbocycles. The first-order valence-corrected chi connectivity index (χ1v) is 7.37. The maximum absolute atomic E-state index is 5.47. The molecule has 0 aliphatic carbocycles. The lowest BCUT2D eigenvalue weighted by Gasteiger charge is -2.16. The minimum absolute atomic E-state index is 0.130. The summed E-state index contributed by atoms with van der Waals surface area (Å²) < 4.78 is 6.57. The summed E-state index contributed by atoms with van der Waals surface area (Å²) in [7, 11) is 1.71. The zero-order chi connectivity index (χ0) is 13.1. The number of alkyl halides is 1. The molecule has 94 valence electrons. The van der Waals surface area contributed by atoms with Gasteiger partial charge in [-0.05, 0) is 30.2 Å². The maximum Gasteiger partial charge on any atom is 0.123 e. The normalized spacial score (nSPS) is 12.2. The molecule has 1 atom stereocenters. The molecule has 0 aliphatic heterocycles. The van der Waals surface area contributed by atoms with Crippen molar-refractivity contribution in [3.8, 4) is 5.75 Å². The molecule has 0 N–H and O–H groups in total. The van der Waals surface area contributed by atoms with E-state index in [2.05, 4.69) is 63.0 Å². The van der Waals surface area contributed by atoms with Gasteiger partial charge in [0.25, 0.3) is 0 Å². The number of benzene rings is 2. The van der Waals surface area contributed by atoms with Crippen LogP contribution >= 0.6 is 31.9 Å². The Morgan fingerprint density at radius 2 is 1.78 bits per heavy atom. The largest absolute Gasteiger partial charge is 0.496 e. The van der Waals surface area contributed by atoms with E-state index in [0.717, 1.165) is 15.8 Å². The van der Waals surface area contributed by atoms with Gasteiger partial charge in [0.2, 0.25) is 0 Å². The van der Waals surface area contributed by atoms with Crippen molar-refractivity contribution >= 4 is 31.9 Å². The van der Waals surface area contributed by atoms with Crippen LogP contribution in [0.3, 0.4) is 0 Å². The van der Waals surface area contributed by atoms with Gasteiger partial charge in [-0.25, -0.2) is 0 Å². The minimum atomic E-state index is 0.130. The smallest absolute Gasteiger partial charge is 0.123 e. The molecule has 0 aliphatic rings. The lowest BCUT2D eigenvalue weighted by Crippen LogP contribution is -1.98. The molecule has 0 saturated heterocycles. The zero-order valence-electron chi connectivity index (χ0n) is 10.3. The lowest BCUT2D eigenvalue weighted by atomic mass is 10.0. The van der Waals surface area contributed by atoms with Crippen LogP contribution in [0.5, 0.6) is 5.75 Å². The van der Waals surface area contributed by atoms with E-state index in [0.29, 0.717) is 0 Å². The van der Waals surface area contributed by atoms with Gasteiger partial charge in [0, 0.05) is 10.0 Å². The van der Waals surface area contributed by atoms with Crippen molar-refractivity contribution in [1.82, 2.24) is 0 Å². The van der Waals surface area contributed by atoms with E-state index in [1.165, 1.54) is 11.1 Å². The van der Waals surface area contributed by atoms with Crippen LogP contribution in [0.1, 0.15) is 21.5 Å². The molecule has 0 bridgehead atoms. The summed E-state index contributed by atoms with van der Waals surface area (Å²) in [5, 5.41) is 0. The molecule has 0 spiro atoms. The summed E-state index contributed by atoms with van der Waals surface area (Å²) >= 11 is 7.32. The Morgan fingerprint density at radius 3 is 2.39 bits per heavy atom. The number of halogens is 2. The Balaban J connectivity index is 2.47. The quantitative estimate of drug-likeness (QED) is 0.671. The first-order chi connectivity index (χ1) is 8.63. The third-order valence-corrected chi connectivity index (χ3v) is 4.75. The topological polar surface area (TPSA) is 9.23 Å². The lowest BCUT2D eigenvalue weighted by molar-refractivity contribution is 0.410. The standard InChI is InChI=1S/C15H14Br2O/c1-10-8-14(18-2)12(9-13(10)16)15(17)11-6-4-3-5-7-11/h3-9,15H,1-2H3. The number of rotatable bonds is 3. The van der Waals surface area contributed by atoms with Crippen LogP contribution in [0.2, 0.25) is 0 Å². The van der Waals surface area contributed by atoms with Gasteiger partial charge in [0.15, 0.2) is 0 Å². The molecule has 1 unspecified atom stereocenters. The molecule has 0 aromatic heterocycles. The predicted octanol–water partition coefficient (Wildman–Crippen LogP) is 5.25. The number of methoxy groups -OCH3 is 1. The number of aryl methyl sites for hydroxylation is 1. The minimum Gasteiger partial charge on any atom is -0.496 e. The second kappa shape index (κ2) is 5.89. The fourth-order valence-electron chi connectivity index (χ4n) is 1.85. The van der Waals surface area contributed by atoms with Crippen LogP contribution in [0.4, 0.5) is 0 Å². The van der Waals surface area contributed by atoms with E-state index in [1.54, 1.807) is 7.11 Å². The van der Waals surface area contributed by atoms with Crippen LogP contribution in [-0.2, 0) is 0 Å². The third-order valence-electron chi connectivity index (χ3n) is 2.88. The van der Waals surface area contributed by atoms with Crippen LogP contribution < -0.4 is 4.74 Å². The molecule has 0 heterocycles. The summed E-state index contributed by atoms with van der Waals surface area (Å²) in [5.74, 6) is 0.904. The maximum atomic E-state index is 5.47. The van der Waals surface area contributed by atoms with E-state index in [4.69, 9.17) is 4.74 Å². The Labute approximate surface area is 124 Å². The van der Waals surface area contributed by atoms with Crippen LogP contribution in [0.25, 0.3) is 0 Å². The summed E-state index contributed by atoms with van der Waals surface area (Å²) in [6, 6.07) is 14.5. The fourth-order valence-corrected chi connectivity index (χ4v) is 2.87. The number of ether oxygens (including phenoxy) is 1. The highest BCUT2D eigenvalue weighted by molar-refractivity contribution is 9.10. The average Bonchev–Trinajstić information content (AvgIpc) is 2.41. The molecule has 0 radical (unpaired) electrons. The van der Waals surface area contributed by atoms with Gasteiger partial charge >= 0.3 is 0 Å². The van der Waals surface area contributed by atoms with Crippen LogP contribution in [0.15, 0.2) is 46.9 Å². The van der Waals surface area contributed by atoms with E-state index in [-0.39, 0.29) is 4.83 Å². The van der Waals surface area contributed by atoms with E-state index in [1.807, 2.05) is 18.2 Å². The second-order valence-corrected chi connectivity index (χ2v) is 5.89. The van der Waals surface area contributed by atoms with Crippen molar-refractivity contribution in [3.05, 3.63) is 63.6 Å². The van der Waals surface area contributed by atoms with Crippen molar-refractivity contribution in [1.29, 1.82) is 0 Å². The van der Waals surface area contributed by atoms with Gasteiger partial charge < -0.3 is 4.74 Å². The Bertz CT molecular complexity index is 538. The molecular formula is C15H14Br2O. The van der Waals surface area contributed by atoms with Gasteiger partial charge in [-0.15, -0.1) is 0 Å². The summed E-state index contributed by atoms with van der Waals surface area (Å²) in [6.45, 7) is 2.06. The van der Waals surface area contributed by atoms with Gasteiger partial charge in [-0.1, -0.05) is 62.2 Å². The van der Waals surface area contributed by atoms with Crippen LogP contribution in [-0.4, -0.2) is 7.11 Å². The second-order valence-electron chi connectivity index (χ2n) is 4.12.